The molecule has 1 atom stereocenters. The third-order valence-corrected chi connectivity index (χ3v) is 3.49. The van der Waals surface area contributed by atoms with Crippen LogP contribution in [0, 0.1) is 0 Å². The van der Waals surface area contributed by atoms with Crippen LogP contribution in [-0.2, 0) is 11.3 Å². The Kier molecular flexibility index (Phi) is 5.16. The van der Waals surface area contributed by atoms with Crippen molar-refractivity contribution in [2.75, 3.05) is 20.2 Å². The van der Waals surface area contributed by atoms with E-state index in [1.165, 1.54) is 12.1 Å². The Morgan fingerprint density at radius 1 is 1.38 bits per heavy atom. The SMILES string of the molecule is CN(CC1CCCO1)C(=O)NCc1ccc(C(=O)O)cc1. The number of nitrogens with one attached hydrogen (secondary N) is 1. The van der Waals surface area contributed by atoms with Crippen LogP contribution in [0.5, 0.6) is 0 Å². The average molecular weight is 292 g/mol. The number of carboxylic acids is 1. The second kappa shape index (κ2) is 7.08. The molecule has 1 saturated heterocycles. The topological polar surface area (TPSA) is 78.9 Å². The highest BCUT2D eigenvalue weighted by Crippen LogP contribution is 2.12. The molecule has 1 aromatic carbocycles. The fraction of sp³-hybridized carbons (Fsp3) is 0.467. The minimum atomic E-state index is -0.957. The number of urea groups is 1. The van der Waals surface area contributed by atoms with Gasteiger partial charge in [0.1, 0.15) is 0 Å². The number of ether oxygens (including phenoxy) is 1. The summed E-state index contributed by atoms with van der Waals surface area (Å²) in [4.78, 5) is 24.3. The number of likely N-dealkylation sites (N-methyl/N-ethyl adjacent to an activating group) is 1. The van der Waals surface area contributed by atoms with Crippen molar-refractivity contribution in [3.8, 4) is 0 Å². The minimum absolute atomic E-state index is 0.135. The van der Waals surface area contributed by atoms with Gasteiger partial charge in [0.15, 0.2) is 0 Å². The van der Waals surface area contributed by atoms with E-state index >= 15 is 0 Å². The fourth-order valence-corrected chi connectivity index (χ4v) is 2.25. The molecule has 1 fully saturated rings. The zero-order valence-corrected chi connectivity index (χ0v) is 12.0. The highest BCUT2D eigenvalue weighted by Gasteiger charge is 2.19. The van der Waals surface area contributed by atoms with E-state index in [9.17, 15) is 9.59 Å². The molecule has 0 aliphatic carbocycles. The summed E-state index contributed by atoms with van der Waals surface area (Å²) in [6.45, 7) is 1.73. The molecule has 6 heteroatoms. The fourth-order valence-electron chi connectivity index (χ4n) is 2.25. The van der Waals surface area contributed by atoms with Crippen molar-refractivity contribution in [2.45, 2.75) is 25.5 Å². The van der Waals surface area contributed by atoms with Gasteiger partial charge in [-0.05, 0) is 30.5 Å². The zero-order valence-electron chi connectivity index (χ0n) is 12.0. The third-order valence-electron chi connectivity index (χ3n) is 3.49. The molecule has 1 unspecified atom stereocenters. The molecule has 114 valence electrons. The van der Waals surface area contributed by atoms with Crippen LogP contribution < -0.4 is 5.32 Å². The second-order valence-corrected chi connectivity index (χ2v) is 5.18. The smallest absolute Gasteiger partial charge is 0.335 e. The summed E-state index contributed by atoms with van der Waals surface area (Å²) in [5, 5.41) is 11.6. The van der Waals surface area contributed by atoms with Crippen molar-refractivity contribution in [3.63, 3.8) is 0 Å². The van der Waals surface area contributed by atoms with Gasteiger partial charge in [0.05, 0.1) is 11.7 Å². The van der Waals surface area contributed by atoms with E-state index in [1.54, 1.807) is 24.1 Å². The van der Waals surface area contributed by atoms with Crippen molar-refractivity contribution in [1.82, 2.24) is 10.2 Å². The number of benzene rings is 1. The molecule has 0 radical (unpaired) electrons. The van der Waals surface area contributed by atoms with E-state index in [-0.39, 0.29) is 17.7 Å². The van der Waals surface area contributed by atoms with Crippen LogP contribution in [0.2, 0.25) is 0 Å². The Morgan fingerprint density at radius 2 is 2.10 bits per heavy atom. The lowest BCUT2D eigenvalue weighted by Crippen LogP contribution is -2.40. The summed E-state index contributed by atoms with van der Waals surface area (Å²) in [5.74, 6) is -0.957. The number of carbonyl (C=O) groups is 2. The first-order chi connectivity index (χ1) is 10.1. The van der Waals surface area contributed by atoms with Crippen molar-refractivity contribution in [3.05, 3.63) is 35.4 Å². The Hall–Kier alpha value is -2.08. The molecule has 21 heavy (non-hydrogen) atoms. The van der Waals surface area contributed by atoms with Gasteiger partial charge in [0, 0.05) is 26.7 Å². The molecule has 0 aromatic heterocycles. The standard InChI is InChI=1S/C15H20N2O4/c1-17(10-13-3-2-8-21-13)15(20)16-9-11-4-6-12(7-5-11)14(18)19/h4-7,13H,2-3,8-10H2,1H3,(H,16,20)(H,18,19). The Balaban J connectivity index is 1.78. The number of nitrogens with zero attached hydrogens (tertiary/aromatic N) is 1. The van der Waals surface area contributed by atoms with Gasteiger partial charge in [-0.1, -0.05) is 12.1 Å². The lowest BCUT2D eigenvalue weighted by atomic mass is 10.1. The van der Waals surface area contributed by atoms with Crippen LogP contribution in [0.15, 0.2) is 24.3 Å². The van der Waals surface area contributed by atoms with Crippen molar-refractivity contribution >= 4 is 12.0 Å². The second-order valence-electron chi connectivity index (χ2n) is 5.18. The molecule has 2 rings (SSSR count). The maximum Gasteiger partial charge on any atom is 0.335 e. The molecule has 6 nitrogen and oxygen atoms in total. The molecular weight excluding hydrogens is 272 g/mol. The zero-order chi connectivity index (χ0) is 15.2. The number of carboxylic acid groups (broad SMARTS) is 1. The minimum Gasteiger partial charge on any atom is -0.478 e. The van der Waals surface area contributed by atoms with Gasteiger partial charge in [0.25, 0.3) is 0 Å². The highest BCUT2D eigenvalue weighted by atomic mass is 16.5. The Morgan fingerprint density at radius 3 is 2.67 bits per heavy atom. The first-order valence-electron chi connectivity index (χ1n) is 6.99. The molecule has 1 heterocycles. The largest absolute Gasteiger partial charge is 0.478 e. The van der Waals surface area contributed by atoms with E-state index in [0.717, 1.165) is 25.0 Å². The summed E-state index contributed by atoms with van der Waals surface area (Å²) in [5.41, 5.74) is 1.10. The molecule has 2 amide bonds. The first kappa shape index (κ1) is 15.3. The molecule has 0 bridgehead atoms. The van der Waals surface area contributed by atoms with Crippen LogP contribution in [0.25, 0.3) is 0 Å². The van der Waals surface area contributed by atoms with Gasteiger partial charge in [-0.2, -0.15) is 0 Å². The van der Waals surface area contributed by atoms with Crippen LogP contribution >= 0.6 is 0 Å². The number of rotatable bonds is 5. The number of aromatic carboxylic acids is 1. The average Bonchev–Trinajstić information content (AvgIpc) is 2.98. The van der Waals surface area contributed by atoms with Crippen LogP contribution in [-0.4, -0.2) is 48.3 Å². The van der Waals surface area contributed by atoms with Crippen LogP contribution in [0.4, 0.5) is 4.79 Å². The molecule has 0 spiro atoms. The van der Waals surface area contributed by atoms with E-state index < -0.39 is 5.97 Å². The van der Waals surface area contributed by atoms with E-state index in [2.05, 4.69) is 5.32 Å². The summed E-state index contributed by atoms with van der Waals surface area (Å²) in [6, 6.07) is 6.29. The molecule has 1 aliphatic rings. The lowest BCUT2D eigenvalue weighted by molar-refractivity contribution is 0.0697. The van der Waals surface area contributed by atoms with Crippen molar-refractivity contribution in [1.29, 1.82) is 0 Å². The van der Waals surface area contributed by atoms with Crippen LogP contribution in [0.1, 0.15) is 28.8 Å². The third kappa shape index (κ3) is 4.46. The molecule has 0 saturated carbocycles. The maximum atomic E-state index is 11.9. The summed E-state index contributed by atoms with van der Waals surface area (Å²) < 4.78 is 5.49. The predicted octanol–water partition coefficient (Wildman–Crippen LogP) is 1.71. The van der Waals surface area contributed by atoms with Gasteiger partial charge in [0.2, 0.25) is 0 Å². The maximum absolute atomic E-state index is 11.9. The molecule has 1 aromatic rings. The van der Waals surface area contributed by atoms with Crippen LogP contribution in [0.3, 0.4) is 0 Å². The van der Waals surface area contributed by atoms with Gasteiger partial charge in [-0.3, -0.25) is 0 Å². The number of carbonyl (C=O) groups excluding carboxylic acids is 1. The van der Waals surface area contributed by atoms with Gasteiger partial charge >= 0.3 is 12.0 Å². The highest BCUT2D eigenvalue weighted by molar-refractivity contribution is 5.87. The van der Waals surface area contributed by atoms with Gasteiger partial charge in [-0.25, -0.2) is 9.59 Å². The monoisotopic (exact) mass is 292 g/mol. The number of hydrogen-bond donors (Lipinski definition) is 2. The predicted molar refractivity (Wildman–Crippen MR) is 77.2 cm³/mol. The van der Waals surface area contributed by atoms with Crippen molar-refractivity contribution in [2.24, 2.45) is 0 Å². The summed E-state index contributed by atoms with van der Waals surface area (Å²) in [6.07, 6.45) is 2.18. The quantitative estimate of drug-likeness (QED) is 0.866. The van der Waals surface area contributed by atoms with Gasteiger partial charge < -0.3 is 20.1 Å². The summed E-state index contributed by atoms with van der Waals surface area (Å²) in [7, 11) is 1.74. The van der Waals surface area contributed by atoms with E-state index in [1.807, 2.05) is 0 Å². The Bertz CT molecular complexity index is 495. The summed E-state index contributed by atoms with van der Waals surface area (Å²) >= 11 is 0. The number of amides is 2. The first-order valence-corrected chi connectivity index (χ1v) is 6.99. The Labute approximate surface area is 123 Å². The van der Waals surface area contributed by atoms with Gasteiger partial charge in [-0.15, -0.1) is 0 Å². The molecular formula is C15H20N2O4. The normalized spacial score (nSPS) is 17.5. The van der Waals surface area contributed by atoms with E-state index in [4.69, 9.17) is 9.84 Å². The van der Waals surface area contributed by atoms with E-state index in [0.29, 0.717) is 13.1 Å². The lowest BCUT2D eigenvalue weighted by Gasteiger charge is -2.21. The number of hydrogen-bond acceptors (Lipinski definition) is 3. The van der Waals surface area contributed by atoms with Crippen molar-refractivity contribution < 1.29 is 19.4 Å². The molecule has 2 N–H and O–H groups in total. The molecule has 1 aliphatic heterocycles.